The molecular formula is C8H4ClIS. The van der Waals surface area contributed by atoms with Gasteiger partial charge in [0.25, 0.3) is 0 Å². The normalized spacial score (nSPS) is 10.7. The third-order valence-electron chi connectivity index (χ3n) is 1.47. The first-order chi connectivity index (χ1) is 5.27. The fraction of sp³-hybridized carbons (Fsp3) is 0. The van der Waals surface area contributed by atoms with Crippen molar-refractivity contribution in [2.45, 2.75) is 0 Å². The second kappa shape index (κ2) is 2.92. The number of hydrogen-bond donors (Lipinski definition) is 0. The molecule has 0 nitrogen and oxygen atoms in total. The predicted octanol–water partition coefficient (Wildman–Crippen LogP) is 4.16. The fourth-order valence-corrected chi connectivity index (χ4v) is 2.98. The van der Waals surface area contributed by atoms with Gasteiger partial charge in [-0.3, -0.25) is 0 Å². The smallest absolute Gasteiger partial charge is 0.0594 e. The van der Waals surface area contributed by atoms with Gasteiger partial charge in [0.2, 0.25) is 0 Å². The first-order valence-electron chi connectivity index (χ1n) is 3.09. The lowest BCUT2D eigenvalue weighted by molar-refractivity contribution is 1.76. The molecule has 0 N–H and O–H groups in total. The second-order valence-corrected chi connectivity index (χ2v) is 4.80. The van der Waals surface area contributed by atoms with E-state index >= 15 is 0 Å². The zero-order valence-electron chi connectivity index (χ0n) is 5.47. The van der Waals surface area contributed by atoms with Gasteiger partial charge in [-0.2, -0.15) is 0 Å². The molecule has 0 bridgehead atoms. The molecule has 0 fully saturated rings. The van der Waals surface area contributed by atoms with Crippen molar-refractivity contribution in [3.8, 4) is 0 Å². The zero-order chi connectivity index (χ0) is 7.84. The van der Waals surface area contributed by atoms with E-state index in [-0.39, 0.29) is 0 Å². The largest absolute Gasteiger partial charge is 0.142 e. The van der Waals surface area contributed by atoms with Gasteiger partial charge in [0.05, 0.1) is 9.72 Å². The molecule has 0 unspecified atom stereocenters. The molecule has 2 aromatic rings. The number of fused-ring (bicyclic) bond motifs is 1. The van der Waals surface area contributed by atoms with Crippen LogP contribution in [0.5, 0.6) is 0 Å². The maximum absolute atomic E-state index is 6.01. The van der Waals surface area contributed by atoms with E-state index < -0.39 is 0 Å². The molecule has 56 valence electrons. The first kappa shape index (κ1) is 7.83. The molecule has 0 atom stereocenters. The number of halogens is 2. The van der Waals surface area contributed by atoms with Crippen molar-refractivity contribution in [3.05, 3.63) is 32.2 Å². The maximum Gasteiger partial charge on any atom is 0.0594 e. The van der Waals surface area contributed by atoms with Gasteiger partial charge >= 0.3 is 0 Å². The minimum absolute atomic E-state index is 0.863. The van der Waals surface area contributed by atoms with E-state index in [2.05, 4.69) is 40.1 Å². The van der Waals surface area contributed by atoms with Gasteiger partial charge in [-0.05, 0) is 51.6 Å². The van der Waals surface area contributed by atoms with E-state index in [1.165, 1.54) is 13.7 Å². The van der Waals surface area contributed by atoms with Crippen molar-refractivity contribution in [1.82, 2.24) is 0 Å². The summed E-state index contributed by atoms with van der Waals surface area (Å²) in [6, 6.07) is 6.22. The summed E-state index contributed by atoms with van der Waals surface area (Å²) >= 11 is 9.97. The zero-order valence-corrected chi connectivity index (χ0v) is 9.20. The Kier molecular flexibility index (Phi) is 2.08. The average molecular weight is 295 g/mol. The molecular weight excluding hydrogens is 291 g/mol. The molecule has 0 spiro atoms. The van der Waals surface area contributed by atoms with Crippen LogP contribution < -0.4 is 0 Å². The minimum Gasteiger partial charge on any atom is -0.142 e. The van der Waals surface area contributed by atoms with Crippen LogP contribution in [0.1, 0.15) is 0 Å². The van der Waals surface area contributed by atoms with Gasteiger partial charge in [0.15, 0.2) is 0 Å². The SMILES string of the molecule is Clc1cc(I)cc2ccsc12. The van der Waals surface area contributed by atoms with E-state index in [0.717, 1.165) is 5.02 Å². The van der Waals surface area contributed by atoms with Crippen LogP contribution >= 0.6 is 45.5 Å². The molecule has 1 aromatic heterocycles. The summed E-state index contributed by atoms with van der Waals surface area (Å²) in [6.45, 7) is 0. The van der Waals surface area contributed by atoms with Crippen LogP contribution in [0.15, 0.2) is 23.6 Å². The third-order valence-corrected chi connectivity index (χ3v) is 3.47. The first-order valence-corrected chi connectivity index (χ1v) is 5.43. The van der Waals surface area contributed by atoms with Crippen LogP contribution in [0.2, 0.25) is 5.02 Å². The lowest BCUT2D eigenvalue weighted by Gasteiger charge is -1.94. The van der Waals surface area contributed by atoms with Crippen LogP contribution in [0, 0.1) is 3.57 Å². The van der Waals surface area contributed by atoms with Crippen LogP contribution in [0.4, 0.5) is 0 Å². The molecule has 0 saturated heterocycles. The Morgan fingerprint density at radius 1 is 1.36 bits per heavy atom. The van der Waals surface area contributed by atoms with E-state index in [4.69, 9.17) is 11.6 Å². The molecule has 0 aliphatic heterocycles. The summed E-state index contributed by atoms with van der Waals surface area (Å²) in [5.74, 6) is 0. The van der Waals surface area contributed by atoms with Crippen LogP contribution in [0.25, 0.3) is 10.1 Å². The highest BCUT2D eigenvalue weighted by molar-refractivity contribution is 14.1. The van der Waals surface area contributed by atoms with Crippen molar-refractivity contribution in [1.29, 1.82) is 0 Å². The van der Waals surface area contributed by atoms with E-state index in [1.54, 1.807) is 11.3 Å². The van der Waals surface area contributed by atoms with Crippen molar-refractivity contribution >= 4 is 55.6 Å². The summed E-state index contributed by atoms with van der Waals surface area (Å²) in [6.07, 6.45) is 0. The average Bonchev–Trinajstić information content (AvgIpc) is 2.34. The van der Waals surface area contributed by atoms with Crippen LogP contribution in [-0.4, -0.2) is 0 Å². The van der Waals surface area contributed by atoms with E-state index in [9.17, 15) is 0 Å². The Bertz CT molecular complexity index is 394. The lowest BCUT2D eigenvalue weighted by atomic mass is 10.3. The molecule has 11 heavy (non-hydrogen) atoms. The predicted molar refractivity (Wildman–Crippen MR) is 59.6 cm³/mol. The Labute approximate surface area is 87.3 Å². The van der Waals surface area contributed by atoms with E-state index in [1.807, 2.05) is 6.07 Å². The van der Waals surface area contributed by atoms with Crippen molar-refractivity contribution < 1.29 is 0 Å². The summed E-state index contributed by atoms with van der Waals surface area (Å²) in [4.78, 5) is 0. The molecule has 2 rings (SSSR count). The standard InChI is InChI=1S/C8H4ClIS/c9-7-4-6(10)3-5-1-2-11-8(5)7/h1-4H. The molecule has 1 heterocycles. The molecule has 0 saturated carbocycles. The highest BCUT2D eigenvalue weighted by Gasteiger charge is 2.00. The highest BCUT2D eigenvalue weighted by Crippen LogP contribution is 2.30. The summed E-state index contributed by atoms with van der Waals surface area (Å²) in [5.41, 5.74) is 0. The highest BCUT2D eigenvalue weighted by atomic mass is 127. The number of thiophene rings is 1. The number of benzene rings is 1. The number of rotatable bonds is 0. The third kappa shape index (κ3) is 1.39. The van der Waals surface area contributed by atoms with Gasteiger partial charge in [-0.1, -0.05) is 11.6 Å². The summed E-state index contributed by atoms with van der Waals surface area (Å²) in [5, 5.41) is 4.17. The van der Waals surface area contributed by atoms with Gasteiger partial charge in [-0.25, -0.2) is 0 Å². The molecule has 3 heteroatoms. The van der Waals surface area contributed by atoms with Gasteiger partial charge < -0.3 is 0 Å². The maximum atomic E-state index is 6.01. The van der Waals surface area contributed by atoms with Gasteiger partial charge in [-0.15, -0.1) is 11.3 Å². The Balaban J connectivity index is 2.91. The van der Waals surface area contributed by atoms with Crippen LogP contribution in [-0.2, 0) is 0 Å². The Hall–Kier alpha value is 0.200. The quantitative estimate of drug-likeness (QED) is 0.640. The topological polar surface area (TPSA) is 0 Å². The fourth-order valence-electron chi connectivity index (χ4n) is 1.00. The van der Waals surface area contributed by atoms with Crippen molar-refractivity contribution in [2.75, 3.05) is 0 Å². The molecule has 1 aromatic carbocycles. The van der Waals surface area contributed by atoms with Gasteiger partial charge in [0.1, 0.15) is 0 Å². The minimum atomic E-state index is 0.863. The second-order valence-electron chi connectivity index (χ2n) is 2.23. The molecule has 0 aliphatic rings. The van der Waals surface area contributed by atoms with E-state index in [0.29, 0.717) is 0 Å². The van der Waals surface area contributed by atoms with Gasteiger partial charge in [0, 0.05) is 3.57 Å². The van der Waals surface area contributed by atoms with Crippen LogP contribution in [0.3, 0.4) is 0 Å². The Morgan fingerprint density at radius 3 is 3.00 bits per heavy atom. The molecule has 0 amide bonds. The monoisotopic (exact) mass is 294 g/mol. The summed E-state index contributed by atoms with van der Waals surface area (Å²) in [7, 11) is 0. The lowest BCUT2D eigenvalue weighted by Crippen LogP contribution is -1.70. The van der Waals surface area contributed by atoms with Crippen molar-refractivity contribution in [2.24, 2.45) is 0 Å². The number of hydrogen-bond acceptors (Lipinski definition) is 1. The summed E-state index contributed by atoms with van der Waals surface area (Å²) < 4.78 is 2.38. The Morgan fingerprint density at radius 2 is 2.18 bits per heavy atom. The molecule has 0 radical (unpaired) electrons. The molecule has 0 aliphatic carbocycles. The van der Waals surface area contributed by atoms with Crippen molar-refractivity contribution in [3.63, 3.8) is 0 Å².